The molecule has 1 N–H and O–H groups in total. The van der Waals surface area contributed by atoms with E-state index < -0.39 is 6.23 Å². The Morgan fingerprint density at radius 2 is 1.85 bits per heavy atom. The zero-order valence-electron chi connectivity index (χ0n) is 15.4. The summed E-state index contributed by atoms with van der Waals surface area (Å²) >= 11 is 5.97. The van der Waals surface area contributed by atoms with Crippen molar-refractivity contribution in [2.45, 2.75) is 62.6 Å². The molecule has 0 spiro atoms. The fraction of sp³-hybridized carbons (Fsp3) is 0.455. The van der Waals surface area contributed by atoms with E-state index in [-0.39, 0.29) is 17.4 Å². The molecule has 1 aromatic heterocycles. The number of benzene rings is 1. The maximum Gasteiger partial charge on any atom is 0.225 e. The van der Waals surface area contributed by atoms with Crippen molar-refractivity contribution < 1.29 is 9.90 Å². The molecule has 2 unspecified atom stereocenters. The number of aromatic nitrogens is 1. The van der Waals surface area contributed by atoms with Crippen LogP contribution in [0, 0.1) is 0 Å². The van der Waals surface area contributed by atoms with E-state index in [1.54, 1.807) is 12.4 Å². The summed E-state index contributed by atoms with van der Waals surface area (Å²) in [7, 11) is 0. The van der Waals surface area contributed by atoms with Crippen molar-refractivity contribution in [3.8, 4) is 0 Å². The quantitative estimate of drug-likeness (QED) is 0.835. The van der Waals surface area contributed by atoms with Gasteiger partial charge in [-0.3, -0.25) is 9.78 Å². The second-order valence-corrected chi connectivity index (χ2v) is 8.30. The summed E-state index contributed by atoms with van der Waals surface area (Å²) < 4.78 is 0. The molecule has 1 amide bonds. The van der Waals surface area contributed by atoms with Gasteiger partial charge in [0.25, 0.3) is 0 Å². The van der Waals surface area contributed by atoms with Crippen LogP contribution in [0.4, 0.5) is 0 Å². The molecule has 1 saturated heterocycles. The van der Waals surface area contributed by atoms with Crippen molar-refractivity contribution in [1.82, 2.24) is 9.88 Å². The van der Waals surface area contributed by atoms with Gasteiger partial charge in [-0.15, -0.1) is 0 Å². The number of carbonyl (C=O) groups excluding carboxylic acids is 1. The molecular weight excluding hydrogens is 360 g/mol. The summed E-state index contributed by atoms with van der Waals surface area (Å²) in [5.74, 6) is 0.126. The lowest BCUT2D eigenvalue weighted by molar-refractivity contribution is -0.171. The third-order valence-electron chi connectivity index (χ3n) is 6.25. The molecular formula is C22H25ClN2O2. The van der Waals surface area contributed by atoms with Crippen LogP contribution in [0.15, 0.2) is 48.8 Å². The van der Waals surface area contributed by atoms with Gasteiger partial charge in [0.2, 0.25) is 5.91 Å². The largest absolute Gasteiger partial charge is 0.373 e. The lowest BCUT2D eigenvalue weighted by atomic mass is 9.70. The summed E-state index contributed by atoms with van der Waals surface area (Å²) in [4.78, 5) is 18.9. The number of carbonyl (C=O) groups is 1. The monoisotopic (exact) mass is 384 g/mol. The molecule has 2 heterocycles. The number of hydrogen-bond donors (Lipinski definition) is 1. The Morgan fingerprint density at radius 1 is 1.15 bits per heavy atom. The molecule has 2 aromatic rings. The highest BCUT2D eigenvalue weighted by molar-refractivity contribution is 6.30. The summed E-state index contributed by atoms with van der Waals surface area (Å²) in [5, 5.41) is 11.6. The van der Waals surface area contributed by atoms with Gasteiger partial charge in [0.05, 0.1) is 0 Å². The smallest absolute Gasteiger partial charge is 0.225 e. The van der Waals surface area contributed by atoms with E-state index in [2.05, 4.69) is 4.98 Å². The fourth-order valence-electron chi connectivity index (χ4n) is 4.61. The molecule has 0 radical (unpaired) electrons. The van der Waals surface area contributed by atoms with Crippen LogP contribution >= 0.6 is 11.6 Å². The average Bonchev–Trinajstić information content (AvgIpc) is 2.64. The number of pyridine rings is 1. The fourth-order valence-corrected chi connectivity index (χ4v) is 4.74. The Balaban J connectivity index is 1.48. The van der Waals surface area contributed by atoms with Gasteiger partial charge in [-0.1, -0.05) is 23.7 Å². The predicted octanol–water partition coefficient (Wildman–Crippen LogP) is 4.31. The van der Waals surface area contributed by atoms with Crippen LogP contribution in [0.3, 0.4) is 0 Å². The van der Waals surface area contributed by atoms with E-state index in [0.29, 0.717) is 17.9 Å². The Bertz CT molecular complexity index is 790. The highest BCUT2D eigenvalue weighted by atomic mass is 35.5. The first-order valence-electron chi connectivity index (χ1n) is 9.72. The van der Waals surface area contributed by atoms with Gasteiger partial charge < -0.3 is 10.0 Å². The molecule has 1 saturated carbocycles. The van der Waals surface area contributed by atoms with E-state index in [4.69, 9.17) is 11.6 Å². The Hall–Kier alpha value is -1.91. The van der Waals surface area contributed by atoms with Crippen LogP contribution in [0.1, 0.15) is 55.6 Å². The Labute approximate surface area is 165 Å². The third-order valence-corrected chi connectivity index (χ3v) is 6.50. The number of amides is 1. The van der Waals surface area contributed by atoms with Crippen LogP contribution in [0.25, 0.3) is 0 Å². The Kier molecular flexibility index (Phi) is 5.20. The lowest BCUT2D eigenvalue weighted by Crippen LogP contribution is -2.62. The van der Waals surface area contributed by atoms with Crippen LogP contribution in [-0.2, 0) is 11.2 Å². The number of hydrogen-bond acceptors (Lipinski definition) is 3. The van der Waals surface area contributed by atoms with Gasteiger partial charge in [0.15, 0.2) is 0 Å². The zero-order valence-corrected chi connectivity index (χ0v) is 16.1. The molecule has 4 rings (SSSR count). The highest BCUT2D eigenvalue weighted by Crippen LogP contribution is 2.46. The minimum Gasteiger partial charge on any atom is -0.373 e. The number of aliphatic hydroxyl groups excluding tert-OH is 1. The van der Waals surface area contributed by atoms with Gasteiger partial charge >= 0.3 is 0 Å². The second kappa shape index (κ2) is 7.61. The molecule has 0 bridgehead atoms. The normalized spacial score (nSPS) is 24.5. The molecule has 5 heteroatoms. The standard InChI is InChI=1S/C22H25ClN2O2/c23-19-4-2-17(3-5-19)18-14-20(26)25(21(27)15-18)22(9-1-10-22)11-6-16-7-12-24-13-8-16/h2-5,7-8,12-13,18,20,26H,1,6,9-11,14-15H2. The number of likely N-dealkylation sites (tertiary alicyclic amines) is 1. The van der Waals surface area contributed by atoms with E-state index in [9.17, 15) is 9.90 Å². The van der Waals surface area contributed by atoms with E-state index in [1.807, 2.05) is 41.3 Å². The van der Waals surface area contributed by atoms with E-state index >= 15 is 0 Å². The molecule has 1 aromatic carbocycles. The number of halogens is 1. The average molecular weight is 385 g/mol. The van der Waals surface area contributed by atoms with Gasteiger partial charge in [-0.05, 0) is 79.8 Å². The molecule has 27 heavy (non-hydrogen) atoms. The molecule has 142 valence electrons. The minimum atomic E-state index is -0.718. The molecule has 4 nitrogen and oxygen atoms in total. The lowest BCUT2D eigenvalue weighted by Gasteiger charge is -2.54. The van der Waals surface area contributed by atoms with Gasteiger partial charge in [-0.25, -0.2) is 0 Å². The van der Waals surface area contributed by atoms with Crippen molar-refractivity contribution in [2.24, 2.45) is 0 Å². The van der Waals surface area contributed by atoms with Gasteiger partial charge in [0.1, 0.15) is 6.23 Å². The number of aryl methyl sites for hydroxylation is 1. The molecule has 2 atom stereocenters. The summed E-state index contributed by atoms with van der Waals surface area (Å²) in [6.07, 6.45) is 8.81. The summed E-state index contributed by atoms with van der Waals surface area (Å²) in [5.41, 5.74) is 2.12. The molecule has 1 aliphatic carbocycles. The first kappa shape index (κ1) is 18.5. The molecule has 2 fully saturated rings. The summed E-state index contributed by atoms with van der Waals surface area (Å²) in [6, 6.07) is 11.7. The SMILES string of the molecule is O=C1CC(c2ccc(Cl)cc2)CC(O)N1C1(CCc2ccncc2)CCC1. The van der Waals surface area contributed by atoms with Crippen LogP contribution in [-0.4, -0.2) is 32.7 Å². The van der Waals surface area contributed by atoms with Gasteiger partial charge in [-0.2, -0.15) is 0 Å². The van der Waals surface area contributed by atoms with Crippen molar-refractivity contribution >= 4 is 17.5 Å². The minimum absolute atomic E-state index is 0.0540. The van der Waals surface area contributed by atoms with E-state index in [1.165, 1.54) is 5.56 Å². The van der Waals surface area contributed by atoms with Crippen molar-refractivity contribution in [3.63, 3.8) is 0 Å². The van der Waals surface area contributed by atoms with Gasteiger partial charge in [0, 0.05) is 29.4 Å². The highest BCUT2D eigenvalue weighted by Gasteiger charge is 2.49. The first-order chi connectivity index (χ1) is 13.1. The number of aliphatic hydroxyl groups is 1. The number of rotatable bonds is 5. The van der Waals surface area contributed by atoms with E-state index in [0.717, 1.165) is 37.7 Å². The van der Waals surface area contributed by atoms with Crippen molar-refractivity contribution in [2.75, 3.05) is 0 Å². The number of piperidine rings is 1. The first-order valence-corrected chi connectivity index (χ1v) is 10.1. The predicted molar refractivity (Wildman–Crippen MR) is 105 cm³/mol. The Morgan fingerprint density at radius 3 is 2.44 bits per heavy atom. The summed E-state index contributed by atoms with van der Waals surface area (Å²) in [6.45, 7) is 0. The molecule has 2 aliphatic rings. The van der Waals surface area contributed by atoms with Crippen molar-refractivity contribution in [1.29, 1.82) is 0 Å². The van der Waals surface area contributed by atoms with Crippen LogP contribution in [0.5, 0.6) is 0 Å². The zero-order chi connectivity index (χ0) is 18.9. The van der Waals surface area contributed by atoms with Crippen molar-refractivity contribution in [3.05, 3.63) is 64.9 Å². The maximum absolute atomic E-state index is 13.0. The topological polar surface area (TPSA) is 53.4 Å². The van der Waals surface area contributed by atoms with Crippen LogP contribution in [0.2, 0.25) is 5.02 Å². The molecule has 1 aliphatic heterocycles. The second-order valence-electron chi connectivity index (χ2n) is 7.87. The number of nitrogens with zero attached hydrogens (tertiary/aromatic N) is 2. The third kappa shape index (κ3) is 3.74. The maximum atomic E-state index is 13.0. The van der Waals surface area contributed by atoms with Crippen LogP contribution < -0.4 is 0 Å².